The third-order valence-electron chi connectivity index (χ3n) is 5.65. The number of nitrogens with zero attached hydrogens (tertiary/aromatic N) is 3. The minimum atomic E-state index is 0.162. The number of rotatable bonds is 2. The molecular weight excluding hydrogens is 412 g/mol. The van der Waals surface area contributed by atoms with Crippen LogP contribution in [0.2, 0.25) is 10.0 Å². The minimum absolute atomic E-state index is 0.162. The summed E-state index contributed by atoms with van der Waals surface area (Å²) in [6, 6.07) is 12.0. The van der Waals surface area contributed by atoms with Crippen LogP contribution in [0.5, 0.6) is 0 Å². The Hall–Kier alpha value is -2.21. The van der Waals surface area contributed by atoms with E-state index in [0.717, 1.165) is 29.8 Å². The Morgan fingerprint density at radius 1 is 1.00 bits per heavy atom. The summed E-state index contributed by atoms with van der Waals surface area (Å²) in [5.41, 5.74) is 6.65. The van der Waals surface area contributed by atoms with Gasteiger partial charge in [0.15, 0.2) is 0 Å². The van der Waals surface area contributed by atoms with E-state index in [-0.39, 0.29) is 5.92 Å². The van der Waals surface area contributed by atoms with Crippen LogP contribution in [0, 0.1) is 0 Å². The molecule has 2 aromatic heterocycles. The molecule has 1 atom stereocenters. The lowest BCUT2D eigenvalue weighted by atomic mass is 9.73. The predicted octanol–water partition coefficient (Wildman–Crippen LogP) is 1.32. The van der Waals surface area contributed by atoms with E-state index in [2.05, 4.69) is 27.5 Å². The van der Waals surface area contributed by atoms with Gasteiger partial charge in [-0.15, -0.1) is 0 Å². The second-order valence-electron chi connectivity index (χ2n) is 7.35. The van der Waals surface area contributed by atoms with Crippen molar-refractivity contribution in [3.05, 3.63) is 69.5 Å². The molecule has 140 valence electrons. The van der Waals surface area contributed by atoms with Crippen LogP contribution in [0.4, 0.5) is 0 Å². The average molecular weight is 425 g/mol. The maximum absolute atomic E-state index is 6.37. The molecule has 1 unspecified atom stereocenters. The summed E-state index contributed by atoms with van der Waals surface area (Å²) in [5, 5.41) is 8.75. The lowest BCUT2D eigenvalue weighted by molar-refractivity contribution is 0.591. The van der Waals surface area contributed by atoms with Crippen molar-refractivity contribution < 1.29 is 0 Å². The van der Waals surface area contributed by atoms with Gasteiger partial charge in [0.1, 0.15) is 35.5 Å². The first-order valence-corrected chi connectivity index (χ1v) is 10.2. The SMILES string of the molecule is [B]c1c(-c2ccc3c(c2)CNCC3c2ccc(Cl)c(Cl)c2)c([B])n2ncnc2c1[B]. The molecule has 30 heavy (non-hydrogen) atoms. The minimum Gasteiger partial charge on any atom is -0.312 e. The van der Waals surface area contributed by atoms with Gasteiger partial charge >= 0.3 is 0 Å². The van der Waals surface area contributed by atoms with Crippen LogP contribution in [-0.4, -0.2) is 44.7 Å². The van der Waals surface area contributed by atoms with Crippen LogP contribution in [0.25, 0.3) is 16.8 Å². The standard InChI is InChI=1S/C21H13B3Cl2N4/c22-18-17(20(24)30-21(19(18)23)28-9-29-30)11-1-3-13-12(5-11)7-27-8-14(13)10-2-4-15(25)16(26)6-10/h1-6,9,14,27H,7-8H2. The van der Waals surface area contributed by atoms with E-state index in [1.807, 2.05) is 24.3 Å². The van der Waals surface area contributed by atoms with Crippen molar-refractivity contribution in [2.24, 2.45) is 0 Å². The molecular formula is C21H13B3Cl2N4. The van der Waals surface area contributed by atoms with Crippen molar-refractivity contribution in [1.82, 2.24) is 19.9 Å². The molecule has 3 heterocycles. The second-order valence-corrected chi connectivity index (χ2v) is 8.17. The lowest BCUT2D eigenvalue weighted by Crippen LogP contribution is -2.38. The van der Waals surface area contributed by atoms with E-state index in [1.165, 1.54) is 16.4 Å². The molecule has 1 N–H and O–H groups in total. The van der Waals surface area contributed by atoms with E-state index >= 15 is 0 Å². The lowest BCUT2D eigenvalue weighted by Gasteiger charge is -2.28. The van der Waals surface area contributed by atoms with Crippen LogP contribution in [-0.2, 0) is 6.54 Å². The molecule has 6 radical (unpaired) electrons. The molecule has 4 aromatic rings. The molecule has 9 heteroatoms. The fraction of sp³-hybridized carbons (Fsp3) is 0.143. The van der Waals surface area contributed by atoms with Crippen molar-refractivity contribution in [3.8, 4) is 11.1 Å². The van der Waals surface area contributed by atoms with Gasteiger partial charge in [-0.2, -0.15) is 5.10 Å². The Balaban J connectivity index is 1.63. The number of benzene rings is 2. The number of pyridine rings is 1. The zero-order valence-corrected chi connectivity index (χ0v) is 17.4. The molecule has 4 nitrogen and oxygen atoms in total. The smallest absolute Gasteiger partial charge is 0.146 e. The molecule has 0 spiro atoms. The number of nitrogens with one attached hydrogen (secondary N) is 1. The fourth-order valence-electron chi connectivity index (χ4n) is 4.15. The molecule has 0 fully saturated rings. The number of hydrogen-bond acceptors (Lipinski definition) is 3. The van der Waals surface area contributed by atoms with Crippen LogP contribution in [0.15, 0.2) is 42.7 Å². The molecule has 1 aliphatic heterocycles. The van der Waals surface area contributed by atoms with Gasteiger partial charge in [-0.05, 0) is 51.6 Å². The zero-order valence-electron chi connectivity index (χ0n) is 15.9. The largest absolute Gasteiger partial charge is 0.312 e. The molecule has 0 amide bonds. The Bertz CT molecular complexity index is 1310. The van der Waals surface area contributed by atoms with Crippen molar-refractivity contribution in [2.45, 2.75) is 12.5 Å². The summed E-state index contributed by atoms with van der Waals surface area (Å²) in [4.78, 5) is 4.14. The highest BCUT2D eigenvalue weighted by molar-refractivity contribution is 6.55. The van der Waals surface area contributed by atoms with E-state index in [4.69, 9.17) is 46.7 Å². The van der Waals surface area contributed by atoms with Gasteiger partial charge in [-0.25, -0.2) is 9.50 Å². The zero-order chi connectivity index (χ0) is 21.0. The van der Waals surface area contributed by atoms with E-state index in [1.54, 1.807) is 0 Å². The highest BCUT2D eigenvalue weighted by atomic mass is 35.5. The third-order valence-corrected chi connectivity index (χ3v) is 6.39. The third kappa shape index (κ3) is 3.08. The Labute approximate surface area is 188 Å². The first-order valence-electron chi connectivity index (χ1n) is 9.40. The normalized spacial score (nSPS) is 16.0. The molecule has 0 saturated heterocycles. The van der Waals surface area contributed by atoms with E-state index in [9.17, 15) is 0 Å². The number of aromatic nitrogens is 3. The van der Waals surface area contributed by atoms with Gasteiger partial charge in [0.2, 0.25) is 0 Å². The number of fused-ring (bicyclic) bond motifs is 2. The van der Waals surface area contributed by atoms with Gasteiger partial charge in [-0.3, -0.25) is 0 Å². The molecule has 5 rings (SSSR count). The summed E-state index contributed by atoms with van der Waals surface area (Å²) in [6.07, 6.45) is 1.41. The van der Waals surface area contributed by atoms with Gasteiger partial charge in [0, 0.05) is 19.0 Å². The summed E-state index contributed by atoms with van der Waals surface area (Å²) in [5.74, 6) is 0.162. The second kappa shape index (κ2) is 7.49. The van der Waals surface area contributed by atoms with E-state index < -0.39 is 0 Å². The Kier molecular flexibility index (Phi) is 4.93. The first kappa shape index (κ1) is 19.7. The van der Waals surface area contributed by atoms with Gasteiger partial charge in [0.25, 0.3) is 0 Å². The topological polar surface area (TPSA) is 42.2 Å². The molecule has 0 bridgehead atoms. The highest BCUT2D eigenvalue weighted by Crippen LogP contribution is 2.35. The summed E-state index contributed by atoms with van der Waals surface area (Å²) in [7, 11) is 18.9. The maximum atomic E-state index is 6.37. The molecule has 0 aliphatic carbocycles. The van der Waals surface area contributed by atoms with Crippen molar-refractivity contribution in [1.29, 1.82) is 0 Å². The number of hydrogen-bond donors (Lipinski definition) is 1. The van der Waals surface area contributed by atoms with Crippen LogP contribution >= 0.6 is 23.2 Å². The van der Waals surface area contributed by atoms with Crippen molar-refractivity contribution >= 4 is 68.9 Å². The van der Waals surface area contributed by atoms with Gasteiger partial charge in [-0.1, -0.05) is 52.3 Å². The quantitative estimate of drug-likeness (QED) is 0.494. The molecule has 1 aliphatic rings. The van der Waals surface area contributed by atoms with Gasteiger partial charge in [0.05, 0.1) is 10.0 Å². The average Bonchev–Trinajstić information content (AvgIpc) is 3.24. The van der Waals surface area contributed by atoms with Gasteiger partial charge < -0.3 is 5.32 Å². The molecule has 0 saturated carbocycles. The summed E-state index contributed by atoms with van der Waals surface area (Å²) < 4.78 is 1.51. The van der Waals surface area contributed by atoms with Crippen LogP contribution in [0.1, 0.15) is 22.6 Å². The monoisotopic (exact) mass is 424 g/mol. The summed E-state index contributed by atoms with van der Waals surface area (Å²) >= 11 is 12.3. The van der Waals surface area contributed by atoms with E-state index in [0.29, 0.717) is 37.8 Å². The van der Waals surface area contributed by atoms with Crippen molar-refractivity contribution in [2.75, 3.05) is 6.54 Å². The predicted molar refractivity (Wildman–Crippen MR) is 125 cm³/mol. The first-order chi connectivity index (χ1) is 14.5. The van der Waals surface area contributed by atoms with Crippen LogP contribution < -0.4 is 21.8 Å². The van der Waals surface area contributed by atoms with Crippen molar-refractivity contribution in [3.63, 3.8) is 0 Å². The maximum Gasteiger partial charge on any atom is 0.146 e. The summed E-state index contributed by atoms with van der Waals surface area (Å²) in [6.45, 7) is 1.55. The highest BCUT2D eigenvalue weighted by Gasteiger charge is 2.23. The fourth-order valence-corrected chi connectivity index (χ4v) is 4.45. The molecule has 2 aromatic carbocycles. The van der Waals surface area contributed by atoms with Crippen LogP contribution in [0.3, 0.4) is 0 Å². The Morgan fingerprint density at radius 3 is 2.63 bits per heavy atom. The number of halogens is 2. The Morgan fingerprint density at radius 2 is 1.83 bits per heavy atom.